The molecule has 0 heterocycles. The van der Waals surface area contributed by atoms with Gasteiger partial charge in [-0.05, 0) is 37.0 Å². The molecule has 1 aromatic carbocycles. The van der Waals surface area contributed by atoms with E-state index in [9.17, 15) is 4.39 Å². The van der Waals surface area contributed by atoms with E-state index in [0.717, 1.165) is 25.1 Å². The van der Waals surface area contributed by atoms with Crippen LogP contribution in [0.4, 0.5) is 4.39 Å². The van der Waals surface area contributed by atoms with Crippen LogP contribution in [0.2, 0.25) is 0 Å². The third kappa shape index (κ3) is 8.15. The molecule has 0 aliphatic carbocycles. The fourth-order valence-corrected chi connectivity index (χ4v) is 1.98. The van der Waals surface area contributed by atoms with Gasteiger partial charge < -0.3 is 20.1 Å². The maximum absolute atomic E-state index is 13.7. The summed E-state index contributed by atoms with van der Waals surface area (Å²) in [5, 5.41) is 6.38. The average molecular weight is 339 g/mol. The van der Waals surface area contributed by atoms with Crippen molar-refractivity contribution in [3.63, 3.8) is 0 Å². The van der Waals surface area contributed by atoms with E-state index < -0.39 is 0 Å². The van der Waals surface area contributed by atoms with Gasteiger partial charge in [0, 0.05) is 19.7 Å². The topological polar surface area (TPSA) is 54.9 Å². The largest absolute Gasteiger partial charge is 0.494 e. The Kier molecular flexibility index (Phi) is 9.84. The number of hydrogen-bond acceptors (Lipinski definition) is 3. The molecule has 0 aliphatic rings. The van der Waals surface area contributed by atoms with E-state index in [1.54, 1.807) is 6.07 Å². The van der Waals surface area contributed by atoms with Gasteiger partial charge in [-0.15, -0.1) is 0 Å². The molecule has 0 saturated heterocycles. The Morgan fingerprint density at radius 3 is 2.67 bits per heavy atom. The Morgan fingerprint density at radius 2 is 2.04 bits per heavy atom. The minimum Gasteiger partial charge on any atom is -0.494 e. The highest BCUT2D eigenvalue weighted by atomic mass is 19.1. The van der Waals surface area contributed by atoms with Crippen LogP contribution in [0.3, 0.4) is 0 Å². The lowest BCUT2D eigenvalue weighted by Crippen LogP contribution is -2.39. The third-order valence-corrected chi connectivity index (χ3v) is 3.36. The summed E-state index contributed by atoms with van der Waals surface area (Å²) in [7, 11) is 1.45. The molecule has 0 bridgehead atoms. The first-order chi connectivity index (χ1) is 11.6. The Morgan fingerprint density at radius 1 is 1.25 bits per heavy atom. The van der Waals surface area contributed by atoms with Gasteiger partial charge in [-0.2, -0.15) is 0 Å². The van der Waals surface area contributed by atoms with Crippen molar-refractivity contribution in [3.8, 4) is 5.75 Å². The number of methoxy groups -OCH3 is 1. The van der Waals surface area contributed by atoms with Crippen LogP contribution < -0.4 is 15.4 Å². The number of benzene rings is 1. The monoisotopic (exact) mass is 339 g/mol. The Balaban J connectivity index is 2.43. The number of guanidine groups is 1. The molecule has 0 atom stereocenters. The number of aliphatic imine (C=N–C) groups is 1. The first kappa shape index (κ1) is 20.2. The zero-order valence-electron chi connectivity index (χ0n) is 15.2. The van der Waals surface area contributed by atoms with Crippen molar-refractivity contribution in [2.24, 2.45) is 10.9 Å². The van der Waals surface area contributed by atoms with Gasteiger partial charge in [0.1, 0.15) is 0 Å². The standard InChI is InChI=1S/C18H30FN3O2/c1-5-20-18(21-9-11-24-10-8-14(2)3)22-13-15-6-7-17(23-4)16(19)12-15/h6-7,12,14H,5,8-11,13H2,1-4H3,(H2,20,21,22). The summed E-state index contributed by atoms with van der Waals surface area (Å²) < 4.78 is 24.2. The Labute approximate surface area is 144 Å². The van der Waals surface area contributed by atoms with Gasteiger partial charge in [0.05, 0.1) is 20.3 Å². The molecule has 0 radical (unpaired) electrons. The number of rotatable bonds is 10. The third-order valence-electron chi connectivity index (χ3n) is 3.36. The summed E-state index contributed by atoms with van der Waals surface area (Å²) in [6.45, 7) is 9.61. The van der Waals surface area contributed by atoms with Crippen LogP contribution in [-0.2, 0) is 11.3 Å². The molecule has 0 fully saturated rings. The van der Waals surface area contributed by atoms with Crippen LogP contribution in [-0.4, -0.2) is 39.4 Å². The van der Waals surface area contributed by atoms with E-state index in [1.165, 1.54) is 13.2 Å². The van der Waals surface area contributed by atoms with Gasteiger partial charge in [-0.3, -0.25) is 0 Å². The van der Waals surface area contributed by atoms with Gasteiger partial charge in [0.15, 0.2) is 17.5 Å². The van der Waals surface area contributed by atoms with Crippen molar-refractivity contribution >= 4 is 5.96 Å². The second kappa shape index (κ2) is 11.7. The molecule has 0 unspecified atom stereocenters. The maximum atomic E-state index is 13.7. The Bertz CT molecular complexity index is 507. The summed E-state index contributed by atoms with van der Waals surface area (Å²) >= 11 is 0. The molecule has 1 rings (SSSR count). The molecule has 0 spiro atoms. The summed E-state index contributed by atoms with van der Waals surface area (Å²) in [5.74, 6) is 1.22. The number of ether oxygens (including phenoxy) is 2. The predicted octanol–water partition coefficient (Wildman–Crippen LogP) is 2.95. The van der Waals surface area contributed by atoms with E-state index in [1.807, 2.05) is 13.0 Å². The number of halogens is 1. The van der Waals surface area contributed by atoms with Crippen molar-refractivity contribution in [2.75, 3.05) is 33.4 Å². The van der Waals surface area contributed by atoms with E-state index in [-0.39, 0.29) is 11.6 Å². The van der Waals surface area contributed by atoms with Crippen molar-refractivity contribution in [1.82, 2.24) is 10.6 Å². The lowest BCUT2D eigenvalue weighted by Gasteiger charge is -2.12. The molecule has 6 heteroatoms. The van der Waals surface area contributed by atoms with Crippen LogP contribution in [0.25, 0.3) is 0 Å². The molecule has 0 amide bonds. The molecule has 24 heavy (non-hydrogen) atoms. The SMILES string of the molecule is CCNC(=NCc1ccc(OC)c(F)c1)NCCOCCC(C)C. The van der Waals surface area contributed by atoms with Crippen molar-refractivity contribution < 1.29 is 13.9 Å². The zero-order valence-corrected chi connectivity index (χ0v) is 15.2. The van der Waals surface area contributed by atoms with Gasteiger partial charge in [-0.25, -0.2) is 9.38 Å². The van der Waals surface area contributed by atoms with Gasteiger partial charge in [0.25, 0.3) is 0 Å². The molecule has 136 valence electrons. The average Bonchev–Trinajstić information content (AvgIpc) is 2.55. The van der Waals surface area contributed by atoms with E-state index in [2.05, 4.69) is 29.5 Å². The van der Waals surface area contributed by atoms with Crippen LogP contribution in [0, 0.1) is 11.7 Å². The van der Waals surface area contributed by atoms with Crippen molar-refractivity contribution in [2.45, 2.75) is 33.7 Å². The fraction of sp³-hybridized carbons (Fsp3) is 0.611. The van der Waals surface area contributed by atoms with Crippen molar-refractivity contribution in [1.29, 1.82) is 0 Å². The number of nitrogens with zero attached hydrogens (tertiary/aromatic N) is 1. The summed E-state index contributed by atoms with van der Waals surface area (Å²) in [4.78, 5) is 4.46. The van der Waals surface area contributed by atoms with E-state index in [0.29, 0.717) is 31.6 Å². The highest BCUT2D eigenvalue weighted by molar-refractivity contribution is 5.79. The van der Waals surface area contributed by atoms with Gasteiger partial charge in [-0.1, -0.05) is 19.9 Å². The lowest BCUT2D eigenvalue weighted by atomic mass is 10.1. The van der Waals surface area contributed by atoms with Crippen LogP contribution in [0.15, 0.2) is 23.2 Å². The fourth-order valence-electron chi connectivity index (χ4n) is 1.98. The molecule has 1 aromatic rings. The van der Waals surface area contributed by atoms with Crippen molar-refractivity contribution in [3.05, 3.63) is 29.6 Å². The molecular weight excluding hydrogens is 309 g/mol. The highest BCUT2D eigenvalue weighted by Gasteiger charge is 2.04. The minimum absolute atomic E-state index is 0.242. The summed E-state index contributed by atoms with van der Waals surface area (Å²) in [6.07, 6.45) is 1.07. The second-order valence-electron chi connectivity index (χ2n) is 5.89. The quantitative estimate of drug-likeness (QED) is 0.391. The highest BCUT2D eigenvalue weighted by Crippen LogP contribution is 2.17. The first-order valence-corrected chi connectivity index (χ1v) is 8.49. The van der Waals surface area contributed by atoms with Crippen LogP contribution in [0.1, 0.15) is 32.8 Å². The van der Waals surface area contributed by atoms with E-state index >= 15 is 0 Å². The molecular formula is C18H30FN3O2. The van der Waals surface area contributed by atoms with Gasteiger partial charge >= 0.3 is 0 Å². The lowest BCUT2D eigenvalue weighted by molar-refractivity contribution is 0.128. The minimum atomic E-state index is -0.373. The van der Waals surface area contributed by atoms with Gasteiger partial charge in [0.2, 0.25) is 0 Å². The second-order valence-corrected chi connectivity index (χ2v) is 5.89. The first-order valence-electron chi connectivity index (χ1n) is 8.49. The molecule has 0 aliphatic heterocycles. The van der Waals surface area contributed by atoms with E-state index in [4.69, 9.17) is 9.47 Å². The molecule has 5 nitrogen and oxygen atoms in total. The number of nitrogens with one attached hydrogen (secondary N) is 2. The number of hydrogen-bond donors (Lipinski definition) is 2. The zero-order chi connectivity index (χ0) is 17.8. The normalized spacial score (nSPS) is 11.7. The van der Waals surface area contributed by atoms with Crippen LogP contribution >= 0.6 is 0 Å². The molecule has 0 saturated carbocycles. The molecule has 2 N–H and O–H groups in total. The Hall–Kier alpha value is -1.82. The smallest absolute Gasteiger partial charge is 0.191 e. The summed E-state index contributed by atoms with van der Waals surface area (Å²) in [5.41, 5.74) is 0.790. The summed E-state index contributed by atoms with van der Waals surface area (Å²) in [6, 6.07) is 4.87. The molecule has 0 aromatic heterocycles. The maximum Gasteiger partial charge on any atom is 0.191 e. The van der Waals surface area contributed by atoms with Crippen LogP contribution in [0.5, 0.6) is 5.75 Å². The predicted molar refractivity (Wildman–Crippen MR) is 96.0 cm³/mol.